The highest BCUT2D eigenvalue weighted by molar-refractivity contribution is 6.02. The van der Waals surface area contributed by atoms with Crippen molar-refractivity contribution in [1.29, 1.82) is 0 Å². The van der Waals surface area contributed by atoms with E-state index in [-0.39, 0.29) is 18.3 Å². The van der Waals surface area contributed by atoms with Gasteiger partial charge in [-0.15, -0.1) is 0 Å². The van der Waals surface area contributed by atoms with Crippen LogP contribution in [-0.2, 0) is 6.61 Å². The van der Waals surface area contributed by atoms with Crippen LogP contribution in [0.25, 0.3) is 0 Å². The number of amides is 1. The number of rotatable bonds is 5. The molecule has 0 fully saturated rings. The summed E-state index contributed by atoms with van der Waals surface area (Å²) < 4.78 is 11.2. The maximum atomic E-state index is 12.1. The van der Waals surface area contributed by atoms with E-state index in [0.717, 1.165) is 5.75 Å². The van der Waals surface area contributed by atoms with Gasteiger partial charge in [-0.3, -0.25) is 9.78 Å². The number of aromatic nitrogens is 1. The molecule has 0 aliphatic heterocycles. The molecule has 5 nitrogen and oxygen atoms in total. The van der Waals surface area contributed by atoms with Crippen LogP contribution in [0.15, 0.2) is 59.3 Å². The Hall–Kier alpha value is -3.08. The quantitative estimate of drug-likeness (QED) is 0.767. The highest BCUT2D eigenvalue weighted by atomic mass is 16.5. The molecule has 5 heteroatoms. The minimum absolute atomic E-state index is 0.241. The minimum atomic E-state index is -0.307. The maximum Gasteiger partial charge on any atom is 0.291 e. The SMILES string of the molecule is Cc1ccc(OCc2ccc(C(=O)Nc3ccncc3)o2)cc1C. The van der Waals surface area contributed by atoms with Crippen molar-refractivity contribution < 1.29 is 13.9 Å². The van der Waals surface area contributed by atoms with E-state index in [9.17, 15) is 4.79 Å². The summed E-state index contributed by atoms with van der Waals surface area (Å²) in [4.78, 5) is 16.0. The number of carbonyl (C=O) groups is 1. The van der Waals surface area contributed by atoms with Crippen LogP contribution in [0, 0.1) is 13.8 Å². The van der Waals surface area contributed by atoms with Gasteiger partial charge in [0.05, 0.1) is 0 Å². The lowest BCUT2D eigenvalue weighted by atomic mass is 10.1. The number of carbonyl (C=O) groups excluding carboxylic acids is 1. The monoisotopic (exact) mass is 322 g/mol. The number of anilines is 1. The molecule has 0 unspecified atom stereocenters. The molecule has 3 rings (SSSR count). The number of nitrogens with zero attached hydrogens (tertiary/aromatic N) is 1. The first-order valence-corrected chi connectivity index (χ1v) is 7.62. The molecule has 0 spiro atoms. The third-order valence-corrected chi connectivity index (χ3v) is 3.68. The highest BCUT2D eigenvalue weighted by Gasteiger charge is 2.12. The lowest BCUT2D eigenvalue weighted by molar-refractivity contribution is 0.0992. The lowest BCUT2D eigenvalue weighted by Crippen LogP contribution is -2.10. The molecular weight excluding hydrogens is 304 g/mol. The summed E-state index contributed by atoms with van der Waals surface area (Å²) in [6.45, 7) is 4.36. The first-order chi connectivity index (χ1) is 11.6. The summed E-state index contributed by atoms with van der Waals surface area (Å²) in [6.07, 6.45) is 3.22. The van der Waals surface area contributed by atoms with Crippen molar-refractivity contribution >= 4 is 11.6 Å². The van der Waals surface area contributed by atoms with E-state index >= 15 is 0 Å². The topological polar surface area (TPSA) is 64.4 Å². The van der Waals surface area contributed by atoms with Gasteiger partial charge < -0.3 is 14.5 Å². The van der Waals surface area contributed by atoms with Gasteiger partial charge in [-0.25, -0.2) is 0 Å². The van der Waals surface area contributed by atoms with E-state index in [1.807, 2.05) is 25.1 Å². The zero-order chi connectivity index (χ0) is 16.9. The number of nitrogens with one attached hydrogen (secondary N) is 1. The van der Waals surface area contributed by atoms with Gasteiger partial charge in [-0.05, 0) is 61.4 Å². The third-order valence-electron chi connectivity index (χ3n) is 3.68. The molecule has 1 N–H and O–H groups in total. The van der Waals surface area contributed by atoms with Gasteiger partial charge in [0.2, 0.25) is 0 Å². The second kappa shape index (κ2) is 7.00. The fourth-order valence-electron chi connectivity index (χ4n) is 2.16. The smallest absolute Gasteiger partial charge is 0.291 e. The van der Waals surface area contributed by atoms with E-state index in [4.69, 9.17) is 9.15 Å². The Morgan fingerprint density at radius 3 is 2.62 bits per heavy atom. The number of furan rings is 1. The number of hydrogen-bond acceptors (Lipinski definition) is 4. The molecule has 1 amide bonds. The highest BCUT2D eigenvalue weighted by Crippen LogP contribution is 2.19. The predicted molar refractivity (Wildman–Crippen MR) is 91.1 cm³/mol. The fraction of sp³-hybridized carbons (Fsp3) is 0.158. The Bertz CT molecular complexity index is 841. The van der Waals surface area contributed by atoms with Gasteiger partial charge in [-0.2, -0.15) is 0 Å². The van der Waals surface area contributed by atoms with Crippen molar-refractivity contribution in [1.82, 2.24) is 4.98 Å². The molecule has 3 aromatic rings. The largest absolute Gasteiger partial charge is 0.486 e. The Labute approximate surface area is 140 Å². The van der Waals surface area contributed by atoms with Crippen molar-refractivity contribution in [3.63, 3.8) is 0 Å². The molecule has 0 atom stereocenters. The molecule has 2 aromatic heterocycles. The molecule has 1 aromatic carbocycles. The molecule has 0 aliphatic rings. The van der Waals surface area contributed by atoms with E-state index in [1.54, 1.807) is 36.7 Å². The van der Waals surface area contributed by atoms with Crippen LogP contribution < -0.4 is 10.1 Å². The van der Waals surface area contributed by atoms with Gasteiger partial charge in [-0.1, -0.05) is 6.07 Å². The molecule has 24 heavy (non-hydrogen) atoms. The number of pyridine rings is 1. The van der Waals surface area contributed by atoms with E-state index in [2.05, 4.69) is 17.2 Å². The molecule has 0 radical (unpaired) electrons. The van der Waals surface area contributed by atoms with Crippen LogP contribution in [0.3, 0.4) is 0 Å². The van der Waals surface area contributed by atoms with Crippen LogP contribution in [-0.4, -0.2) is 10.9 Å². The zero-order valence-electron chi connectivity index (χ0n) is 13.6. The number of ether oxygens (including phenoxy) is 1. The molecule has 0 saturated carbocycles. The normalized spacial score (nSPS) is 10.4. The van der Waals surface area contributed by atoms with Gasteiger partial charge in [0.15, 0.2) is 5.76 Å². The summed E-state index contributed by atoms with van der Waals surface area (Å²) >= 11 is 0. The summed E-state index contributed by atoms with van der Waals surface area (Å²) in [5.41, 5.74) is 3.05. The molecule has 0 saturated heterocycles. The second-order valence-electron chi connectivity index (χ2n) is 5.49. The predicted octanol–water partition coefficient (Wildman–Crippen LogP) is 4.12. The van der Waals surface area contributed by atoms with Crippen molar-refractivity contribution in [2.24, 2.45) is 0 Å². The van der Waals surface area contributed by atoms with E-state index in [0.29, 0.717) is 11.4 Å². The van der Waals surface area contributed by atoms with Crippen LogP contribution in [0.2, 0.25) is 0 Å². The average Bonchev–Trinajstić information content (AvgIpc) is 3.06. The van der Waals surface area contributed by atoms with Gasteiger partial charge >= 0.3 is 0 Å². The van der Waals surface area contributed by atoms with Gasteiger partial charge in [0, 0.05) is 18.1 Å². The molecule has 0 bridgehead atoms. The van der Waals surface area contributed by atoms with Crippen LogP contribution in [0.5, 0.6) is 5.75 Å². The minimum Gasteiger partial charge on any atom is -0.486 e. The third kappa shape index (κ3) is 3.81. The van der Waals surface area contributed by atoms with Crippen molar-refractivity contribution in [2.75, 3.05) is 5.32 Å². The van der Waals surface area contributed by atoms with Gasteiger partial charge in [0.25, 0.3) is 5.91 Å². The summed E-state index contributed by atoms with van der Waals surface area (Å²) in [5.74, 6) is 1.30. The second-order valence-corrected chi connectivity index (χ2v) is 5.49. The Morgan fingerprint density at radius 1 is 1.08 bits per heavy atom. The van der Waals surface area contributed by atoms with Crippen molar-refractivity contribution in [3.8, 4) is 5.75 Å². The summed E-state index contributed by atoms with van der Waals surface area (Å²) in [5, 5.41) is 2.75. The standard InChI is InChI=1S/C19H18N2O3/c1-13-3-4-16(11-14(13)2)23-12-17-5-6-18(24-17)19(22)21-15-7-9-20-10-8-15/h3-11H,12H2,1-2H3,(H,20,21,22). The molecular formula is C19H18N2O3. The average molecular weight is 322 g/mol. The Balaban J connectivity index is 1.60. The van der Waals surface area contributed by atoms with Crippen LogP contribution in [0.4, 0.5) is 5.69 Å². The molecule has 122 valence electrons. The molecule has 0 aliphatic carbocycles. The van der Waals surface area contributed by atoms with Gasteiger partial charge in [0.1, 0.15) is 18.1 Å². The van der Waals surface area contributed by atoms with Crippen LogP contribution in [0.1, 0.15) is 27.4 Å². The first-order valence-electron chi connectivity index (χ1n) is 7.62. The number of hydrogen-bond donors (Lipinski definition) is 1. The summed E-state index contributed by atoms with van der Waals surface area (Å²) in [7, 11) is 0. The Morgan fingerprint density at radius 2 is 1.88 bits per heavy atom. The van der Waals surface area contributed by atoms with E-state index < -0.39 is 0 Å². The zero-order valence-corrected chi connectivity index (χ0v) is 13.6. The summed E-state index contributed by atoms with van der Waals surface area (Å²) in [6, 6.07) is 12.7. The maximum absolute atomic E-state index is 12.1. The molecule has 2 heterocycles. The Kier molecular flexibility index (Phi) is 4.61. The first kappa shape index (κ1) is 15.8. The fourth-order valence-corrected chi connectivity index (χ4v) is 2.16. The van der Waals surface area contributed by atoms with Crippen molar-refractivity contribution in [2.45, 2.75) is 20.5 Å². The lowest BCUT2D eigenvalue weighted by Gasteiger charge is -2.07. The number of benzene rings is 1. The van der Waals surface area contributed by atoms with Crippen molar-refractivity contribution in [3.05, 3.63) is 77.5 Å². The van der Waals surface area contributed by atoms with E-state index in [1.165, 1.54) is 11.1 Å². The van der Waals surface area contributed by atoms with Crippen LogP contribution >= 0.6 is 0 Å². The number of aryl methyl sites for hydroxylation is 2.